The summed E-state index contributed by atoms with van der Waals surface area (Å²) in [5, 5.41) is 2.56. The summed E-state index contributed by atoms with van der Waals surface area (Å²) in [6.45, 7) is -0.227. The van der Waals surface area contributed by atoms with E-state index in [9.17, 15) is 22.4 Å². The van der Waals surface area contributed by atoms with Crippen molar-refractivity contribution >= 4 is 5.91 Å². The van der Waals surface area contributed by atoms with Gasteiger partial charge in [0.05, 0.1) is 5.56 Å². The van der Waals surface area contributed by atoms with Crippen molar-refractivity contribution in [3.63, 3.8) is 0 Å². The summed E-state index contributed by atoms with van der Waals surface area (Å²) in [7, 11) is 0. The maximum atomic E-state index is 13.0. The third kappa shape index (κ3) is 3.67. The number of hydrogen-bond acceptors (Lipinski definition) is 1. The lowest BCUT2D eigenvalue weighted by Gasteiger charge is -2.21. The number of carbonyl (C=O) groups excluding carboxylic acids is 1. The molecule has 2 fully saturated rings. The summed E-state index contributed by atoms with van der Waals surface area (Å²) in [6, 6.07) is 2.53. The van der Waals surface area contributed by atoms with Crippen LogP contribution in [-0.2, 0) is 17.5 Å². The first-order valence-electron chi connectivity index (χ1n) is 7.95. The van der Waals surface area contributed by atoms with Gasteiger partial charge in [-0.15, -0.1) is 0 Å². The molecular formula is C17H19F4NO. The molecule has 3 atom stereocenters. The number of nitrogens with one attached hydrogen (secondary N) is 1. The van der Waals surface area contributed by atoms with Crippen LogP contribution in [0.1, 0.15) is 43.2 Å². The number of fused-ring (bicyclic) bond motifs is 2. The average molecular weight is 329 g/mol. The molecule has 1 N–H and O–H groups in total. The van der Waals surface area contributed by atoms with Gasteiger partial charge in [-0.1, -0.05) is 12.5 Å². The second-order valence-electron chi connectivity index (χ2n) is 6.72. The van der Waals surface area contributed by atoms with Crippen LogP contribution in [0.15, 0.2) is 18.2 Å². The van der Waals surface area contributed by atoms with Gasteiger partial charge in [-0.2, -0.15) is 13.2 Å². The molecule has 2 aliphatic rings. The van der Waals surface area contributed by atoms with Crippen molar-refractivity contribution in [1.29, 1.82) is 0 Å². The van der Waals surface area contributed by atoms with Gasteiger partial charge in [-0.3, -0.25) is 4.79 Å². The predicted molar refractivity (Wildman–Crippen MR) is 76.8 cm³/mol. The smallest absolute Gasteiger partial charge is 0.352 e. The van der Waals surface area contributed by atoms with Crippen molar-refractivity contribution in [3.8, 4) is 0 Å². The van der Waals surface area contributed by atoms with E-state index in [2.05, 4.69) is 5.32 Å². The molecule has 3 rings (SSSR count). The van der Waals surface area contributed by atoms with Crippen LogP contribution in [0.3, 0.4) is 0 Å². The molecule has 1 aromatic carbocycles. The Bertz CT molecular complexity index is 599. The number of alkyl halides is 3. The molecule has 2 saturated carbocycles. The molecule has 0 saturated heterocycles. The van der Waals surface area contributed by atoms with Gasteiger partial charge in [0.15, 0.2) is 0 Å². The first-order chi connectivity index (χ1) is 10.8. The fourth-order valence-electron chi connectivity index (χ4n) is 4.10. The van der Waals surface area contributed by atoms with Gasteiger partial charge in [-0.05, 0) is 54.7 Å². The predicted octanol–water partition coefficient (Wildman–Crippen LogP) is 4.29. The summed E-state index contributed by atoms with van der Waals surface area (Å²) < 4.78 is 51.8. The van der Waals surface area contributed by atoms with Crippen molar-refractivity contribution in [1.82, 2.24) is 5.32 Å². The molecule has 0 heterocycles. The van der Waals surface area contributed by atoms with E-state index in [1.165, 1.54) is 19.3 Å². The van der Waals surface area contributed by atoms with E-state index in [-0.39, 0.29) is 18.0 Å². The zero-order valence-electron chi connectivity index (χ0n) is 12.6. The Morgan fingerprint density at radius 3 is 2.61 bits per heavy atom. The number of benzene rings is 1. The zero-order chi connectivity index (χ0) is 16.6. The van der Waals surface area contributed by atoms with Gasteiger partial charge in [0, 0.05) is 13.0 Å². The largest absolute Gasteiger partial charge is 0.416 e. The molecule has 0 aromatic heterocycles. The Balaban J connectivity index is 1.59. The summed E-state index contributed by atoms with van der Waals surface area (Å²) in [5.41, 5.74) is -1.14. The number of halogens is 4. The third-order valence-corrected chi connectivity index (χ3v) is 5.19. The highest BCUT2D eigenvalue weighted by Crippen LogP contribution is 2.49. The van der Waals surface area contributed by atoms with Crippen LogP contribution in [0, 0.1) is 23.6 Å². The maximum absolute atomic E-state index is 13.0. The van der Waals surface area contributed by atoms with Gasteiger partial charge >= 0.3 is 6.18 Å². The number of rotatable bonds is 4. The van der Waals surface area contributed by atoms with Crippen LogP contribution in [0.4, 0.5) is 17.6 Å². The van der Waals surface area contributed by atoms with E-state index in [1.807, 2.05) is 0 Å². The molecule has 1 amide bonds. The summed E-state index contributed by atoms with van der Waals surface area (Å²) >= 11 is 0. The highest BCUT2D eigenvalue weighted by Gasteiger charge is 2.40. The number of amides is 1. The van der Waals surface area contributed by atoms with Crippen molar-refractivity contribution in [2.45, 2.75) is 44.8 Å². The van der Waals surface area contributed by atoms with Crippen LogP contribution in [0.2, 0.25) is 0 Å². The van der Waals surface area contributed by atoms with Crippen LogP contribution in [-0.4, -0.2) is 5.91 Å². The van der Waals surface area contributed by atoms with Crippen LogP contribution >= 0.6 is 0 Å². The summed E-state index contributed by atoms with van der Waals surface area (Å²) in [4.78, 5) is 12.0. The van der Waals surface area contributed by atoms with Crippen LogP contribution in [0.25, 0.3) is 0 Å². The first kappa shape index (κ1) is 16.3. The molecule has 126 valence electrons. The Labute approximate surface area is 132 Å². The lowest BCUT2D eigenvalue weighted by Crippen LogP contribution is -2.28. The highest BCUT2D eigenvalue weighted by molar-refractivity contribution is 5.76. The van der Waals surface area contributed by atoms with E-state index in [0.717, 1.165) is 24.5 Å². The fourth-order valence-corrected chi connectivity index (χ4v) is 4.10. The standard InChI is InChI=1S/C17H19F4NO/c18-14-4-3-12(15(8-14)17(19,20)21)9-22-16(23)7-13-6-10-1-2-11(13)5-10/h3-4,8,10-11,13H,1-2,5-7,9H2,(H,22,23). The van der Waals surface area contributed by atoms with Crippen molar-refractivity contribution < 1.29 is 22.4 Å². The second-order valence-corrected chi connectivity index (χ2v) is 6.72. The summed E-state index contributed by atoms with van der Waals surface area (Å²) in [6.07, 6.45) is 0.402. The van der Waals surface area contributed by atoms with Crippen molar-refractivity contribution in [2.24, 2.45) is 17.8 Å². The Morgan fingerprint density at radius 1 is 1.22 bits per heavy atom. The van der Waals surface area contributed by atoms with Crippen LogP contribution < -0.4 is 5.32 Å². The normalized spacial score (nSPS) is 26.5. The van der Waals surface area contributed by atoms with E-state index >= 15 is 0 Å². The van der Waals surface area contributed by atoms with E-state index < -0.39 is 17.6 Å². The van der Waals surface area contributed by atoms with Crippen LogP contribution in [0.5, 0.6) is 0 Å². The van der Waals surface area contributed by atoms with Gasteiger partial charge in [0.25, 0.3) is 0 Å². The quantitative estimate of drug-likeness (QED) is 0.821. The van der Waals surface area contributed by atoms with Crippen molar-refractivity contribution in [3.05, 3.63) is 35.1 Å². The number of carbonyl (C=O) groups is 1. The molecule has 2 bridgehead atoms. The van der Waals surface area contributed by atoms with E-state index in [1.54, 1.807) is 0 Å². The highest BCUT2D eigenvalue weighted by atomic mass is 19.4. The summed E-state index contributed by atoms with van der Waals surface area (Å²) in [5.74, 6) is 0.535. The molecule has 1 aromatic rings. The monoisotopic (exact) mass is 329 g/mol. The molecule has 2 aliphatic carbocycles. The van der Waals surface area contributed by atoms with Gasteiger partial charge in [-0.25, -0.2) is 4.39 Å². The topological polar surface area (TPSA) is 29.1 Å². The number of hydrogen-bond donors (Lipinski definition) is 1. The fraction of sp³-hybridized carbons (Fsp3) is 0.588. The van der Waals surface area contributed by atoms with Gasteiger partial charge in [0.1, 0.15) is 5.82 Å². The van der Waals surface area contributed by atoms with E-state index in [0.29, 0.717) is 24.3 Å². The molecule has 6 heteroatoms. The Hall–Kier alpha value is -1.59. The molecular weight excluding hydrogens is 310 g/mol. The molecule has 0 radical (unpaired) electrons. The van der Waals surface area contributed by atoms with Gasteiger partial charge < -0.3 is 5.32 Å². The first-order valence-corrected chi connectivity index (χ1v) is 7.95. The molecule has 0 spiro atoms. The maximum Gasteiger partial charge on any atom is 0.416 e. The second kappa shape index (κ2) is 6.13. The zero-order valence-corrected chi connectivity index (χ0v) is 12.6. The average Bonchev–Trinajstić information content (AvgIpc) is 3.07. The minimum absolute atomic E-state index is 0.111. The lowest BCUT2D eigenvalue weighted by atomic mass is 9.86. The Kier molecular flexibility index (Phi) is 4.34. The van der Waals surface area contributed by atoms with Crippen molar-refractivity contribution in [2.75, 3.05) is 0 Å². The lowest BCUT2D eigenvalue weighted by molar-refractivity contribution is -0.138. The minimum Gasteiger partial charge on any atom is -0.352 e. The van der Waals surface area contributed by atoms with E-state index in [4.69, 9.17) is 0 Å². The van der Waals surface area contributed by atoms with Gasteiger partial charge in [0.2, 0.25) is 5.91 Å². The Morgan fingerprint density at radius 2 is 2.00 bits per heavy atom. The molecule has 23 heavy (non-hydrogen) atoms. The third-order valence-electron chi connectivity index (χ3n) is 5.19. The molecule has 2 nitrogen and oxygen atoms in total. The molecule has 3 unspecified atom stereocenters. The minimum atomic E-state index is -4.63. The SMILES string of the molecule is O=C(CC1CC2CCC1C2)NCc1ccc(F)cc1C(F)(F)F. The molecule has 0 aliphatic heterocycles.